The quantitative estimate of drug-likeness (QED) is 0.289. The Morgan fingerprint density at radius 2 is 1.76 bits per heavy atom. The smallest absolute Gasteiger partial charge is 0.255 e. The van der Waals surface area contributed by atoms with Gasteiger partial charge >= 0.3 is 0 Å². The van der Waals surface area contributed by atoms with Crippen molar-refractivity contribution < 1.29 is 39.6 Å². The molecule has 41 heavy (non-hydrogen) atoms. The highest BCUT2D eigenvalue weighted by Gasteiger charge is 2.63. The van der Waals surface area contributed by atoms with E-state index in [0.717, 1.165) is 0 Å². The zero-order valence-corrected chi connectivity index (χ0v) is 24.3. The Bertz CT molecular complexity index is 1410. The topological polar surface area (TPSA) is 182 Å². The molecular formula is C30H39N3O8. The highest BCUT2D eigenvalue weighted by atomic mass is 16.3. The monoisotopic (exact) mass is 569 g/mol. The molecule has 3 aliphatic rings. The summed E-state index contributed by atoms with van der Waals surface area (Å²) in [6, 6.07) is 0.643. The number of carbonyl (C=O) groups is 4. The second kappa shape index (κ2) is 10.6. The van der Waals surface area contributed by atoms with E-state index in [1.807, 2.05) is 13.8 Å². The van der Waals surface area contributed by atoms with Crippen molar-refractivity contribution in [1.82, 2.24) is 4.90 Å². The molecule has 4 rings (SSSR count). The first-order chi connectivity index (χ1) is 19.0. The van der Waals surface area contributed by atoms with Crippen LogP contribution in [0.5, 0.6) is 5.75 Å². The number of carbonyl (C=O) groups excluding carboxylic acids is 4. The number of hydrogen-bond donors (Lipinski definition) is 5. The van der Waals surface area contributed by atoms with Crippen molar-refractivity contribution in [3.05, 3.63) is 45.4 Å². The maximum atomic E-state index is 14.1. The normalized spacial score (nSPS) is 25.8. The number of fused-ring (bicyclic) bond motifs is 3. The number of nitrogens with zero attached hydrogens (tertiary/aromatic N) is 2. The van der Waals surface area contributed by atoms with Crippen LogP contribution in [0.2, 0.25) is 0 Å². The average Bonchev–Trinajstić information content (AvgIpc) is 2.85. The number of amides is 1. The highest BCUT2D eigenvalue weighted by Crippen LogP contribution is 2.53. The number of hydrogen-bond acceptors (Lipinski definition) is 10. The fourth-order valence-electron chi connectivity index (χ4n) is 6.64. The number of aromatic hydroxyl groups is 1. The van der Waals surface area contributed by atoms with Crippen molar-refractivity contribution in [1.29, 1.82) is 0 Å². The molecule has 0 saturated heterocycles. The fraction of sp³-hybridized carbons (Fsp3) is 0.533. The average molecular weight is 570 g/mol. The first kappa shape index (κ1) is 30.3. The summed E-state index contributed by atoms with van der Waals surface area (Å²) in [4.78, 5) is 55.7. The second-order valence-corrected chi connectivity index (χ2v) is 12.3. The summed E-state index contributed by atoms with van der Waals surface area (Å²) in [6.45, 7) is 4.01. The second-order valence-electron chi connectivity index (χ2n) is 12.3. The van der Waals surface area contributed by atoms with Crippen LogP contribution in [0.25, 0.3) is 0 Å². The zero-order valence-electron chi connectivity index (χ0n) is 24.3. The number of aliphatic hydroxyl groups is 3. The number of rotatable bonds is 8. The van der Waals surface area contributed by atoms with E-state index in [-0.39, 0.29) is 47.5 Å². The number of anilines is 1. The van der Waals surface area contributed by atoms with Crippen LogP contribution in [0.15, 0.2) is 28.7 Å². The fourth-order valence-corrected chi connectivity index (χ4v) is 6.64. The molecule has 4 atom stereocenters. The summed E-state index contributed by atoms with van der Waals surface area (Å²) >= 11 is 0. The summed E-state index contributed by atoms with van der Waals surface area (Å²) in [7, 11) is 6.72. The third-order valence-corrected chi connectivity index (χ3v) is 8.65. The van der Waals surface area contributed by atoms with Crippen LogP contribution in [0.1, 0.15) is 54.6 Å². The number of phenolic OH excluding ortho intramolecular Hbond substituents is 1. The molecule has 1 amide bonds. The molecule has 0 saturated carbocycles. The van der Waals surface area contributed by atoms with Crippen molar-refractivity contribution in [2.24, 2.45) is 23.5 Å². The number of nitrogens with two attached hydrogens (primary N) is 1. The van der Waals surface area contributed by atoms with Crippen LogP contribution in [0.3, 0.4) is 0 Å². The minimum Gasteiger partial charge on any atom is -0.510 e. The molecule has 0 radical (unpaired) electrons. The molecule has 0 heterocycles. The number of benzene rings is 1. The first-order valence-corrected chi connectivity index (χ1v) is 13.7. The van der Waals surface area contributed by atoms with E-state index in [4.69, 9.17) is 5.73 Å². The number of ketones is 3. The number of primary amides is 1. The summed E-state index contributed by atoms with van der Waals surface area (Å²) in [5, 5.41) is 45.4. The Labute approximate surface area is 238 Å². The first-order valence-electron chi connectivity index (χ1n) is 13.7. The molecule has 0 fully saturated rings. The molecule has 0 aromatic heterocycles. The molecule has 3 aliphatic carbocycles. The molecule has 11 heteroatoms. The molecule has 0 aliphatic heterocycles. The lowest BCUT2D eigenvalue weighted by Crippen LogP contribution is -2.63. The van der Waals surface area contributed by atoms with Gasteiger partial charge in [0.05, 0.1) is 11.6 Å². The van der Waals surface area contributed by atoms with Crippen molar-refractivity contribution in [2.75, 3.05) is 33.1 Å². The summed E-state index contributed by atoms with van der Waals surface area (Å²) in [5.74, 6) is -6.76. The third-order valence-electron chi connectivity index (χ3n) is 8.65. The van der Waals surface area contributed by atoms with Gasteiger partial charge in [0.15, 0.2) is 11.4 Å². The summed E-state index contributed by atoms with van der Waals surface area (Å²) in [5.41, 5.74) is 2.92. The van der Waals surface area contributed by atoms with Crippen LogP contribution in [-0.2, 0) is 27.2 Å². The van der Waals surface area contributed by atoms with Gasteiger partial charge in [0.2, 0.25) is 5.78 Å². The van der Waals surface area contributed by atoms with E-state index >= 15 is 0 Å². The van der Waals surface area contributed by atoms with Crippen molar-refractivity contribution in [3.8, 4) is 5.75 Å². The number of phenols is 1. The lowest BCUT2D eigenvalue weighted by Gasteiger charge is -2.50. The number of Topliss-reactive ketones (excluding diaryl/α,β-unsaturated/α-hetero) is 3. The number of aliphatic hydroxyl groups excluding tert-OH is 2. The lowest BCUT2D eigenvalue weighted by atomic mass is 9.58. The van der Waals surface area contributed by atoms with Crippen LogP contribution in [0.4, 0.5) is 5.69 Å². The van der Waals surface area contributed by atoms with Gasteiger partial charge in [-0.3, -0.25) is 24.1 Å². The SMILES string of the molecule is CC(C)CCC(=O)Cc1cc(N(C)C)c2c(c1O)C(=O)C1=C(O)[C@]3(O)C(=O)C(C(N)=O)=C(O)[C@@H](N(C)C)[C@@H]3C[C@@H]1C2. The van der Waals surface area contributed by atoms with Crippen LogP contribution in [-0.4, -0.2) is 88.4 Å². The summed E-state index contributed by atoms with van der Waals surface area (Å²) in [6.07, 6.45) is 1.10. The predicted molar refractivity (Wildman–Crippen MR) is 151 cm³/mol. The Kier molecular flexibility index (Phi) is 7.83. The van der Waals surface area contributed by atoms with E-state index in [1.165, 1.54) is 4.90 Å². The van der Waals surface area contributed by atoms with E-state index in [1.54, 1.807) is 39.2 Å². The number of allylic oxidation sites excluding steroid dienone is 1. The van der Waals surface area contributed by atoms with Gasteiger partial charge in [-0.15, -0.1) is 0 Å². The van der Waals surface area contributed by atoms with Gasteiger partial charge in [-0.05, 0) is 56.8 Å². The van der Waals surface area contributed by atoms with Gasteiger partial charge in [0.1, 0.15) is 28.6 Å². The number of likely N-dealkylation sites (N-methyl/N-ethyl adjacent to an activating group) is 1. The standard InChI is InChI=1S/C30H39N3O8/c1-13(2)7-8-16(34)9-15-12-19(32(3)4)17-10-14-11-18-23(33(5)6)26(37)22(29(31)40)28(39)30(18,41)27(38)20(14)25(36)21(17)24(15)35/h12-14,18,23,35,37-38,41H,7-11H2,1-6H3,(H2,31,40)/t14-,18-,23-,30-/m0/s1. The van der Waals surface area contributed by atoms with Gasteiger partial charge in [-0.25, -0.2) is 0 Å². The zero-order chi connectivity index (χ0) is 30.7. The van der Waals surface area contributed by atoms with Gasteiger partial charge < -0.3 is 31.1 Å². The van der Waals surface area contributed by atoms with E-state index in [0.29, 0.717) is 30.0 Å². The molecule has 1 aromatic rings. The van der Waals surface area contributed by atoms with Crippen LogP contribution in [0, 0.1) is 17.8 Å². The minimum atomic E-state index is -2.70. The molecule has 0 bridgehead atoms. The maximum Gasteiger partial charge on any atom is 0.255 e. The Morgan fingerprint density at radius 3 is 2.29 bits per heavy atom. The van der Waals surface area contributed by atoms with Crippen molar-refractivity contribution >= 4 is 28.9 Å². The van der Waals surface area contributed by atoms with Gasteiger partial charge in [-0.2, -0.15) is 0 Å². The van der Waals surface area contributed by atoms with Crippen molar-refractivity contribution in [3.63, 3.8) is 0 Å². The van der Waals surface area contributed by atoms with Crippen LogP contribution < -0.4 is 10.6 Å². The van der Waals surface area contributed by atoms with Gasteiger partial charge in [-0.1, -0.05) is 13.8 Å². The lowest BCUT2D eigenvalue weighted by molar-refractivity contribution is -0.148. The van der Waals surface area contributed by atoms with E-state index in [9.17, 15) is 39.6 Å². The predicted octanol–water partition coefficient (Wildman–Crippen LogP) is 1.73. The van der Waals surface area contributed by atoms with E-state index < -0.39 is 58.0 Å². The Hall–Kier alpha value is -3.70. The molecular weight excluding hydrogens is 530 g/mol. The van der Waals surface area contributed by atoms with Gasteiger partial charge in [0, 0.05) is 49.7 Å². The maximum absolute atomic E-state index is 14.1. The summed E-state index contributed by atoms with van der Waals surface area (Å²) < 4.78 is 0. The molecule has 6 N–H and O–H groups in total. The molecule has 222 valence electrons. The molecule has 1 aromatic carbocycles. The highest BCUT2D eigenvalue weighted by molar-refractivity contribution is 6.25. The van der Waals surface area contributed by atoms with Crippen LogP contribution >= 0.6 is 0 Å². The molecule has 11 nitrogen and oxygen atoms in total. The van der Waals surface area contributed by atoms with Gasteiger partial charge in [0.25, 0.3) is 5.91 Å². The molecule has 0 spiro atoms. The third kappa shape index (κ3) is 4.70. The minimum absolute atomic E-state index is 0.00876. The Morgan fingerprint density at radius 1 is 1.12 bits per heavy atom. The van der Waals surface area contributed by atoms with Crippen molar-refractivity contribution in [2.45, 2.75) is 57.6 Å². The van der Waals surface area contributed by atoms with E-state index in [2.05, 4.69) is 0 Å². The Balaban J connectivity index is 1.89. The largest absolute Gasteiger partial charge is 0.510 e. The molecule has 0 unspecified atom stereocenters.